The maximum Gasteiger partial charge on any atom is 0.313 e. The Morgan fingerprint density at radius 1 is 0.562 bits per heavy atom. The largest absolute Gasteiger partial charge is 0.393 e. The van der Waals surface area contributed by atoms with Crippen molar-refractivity contribution in [3.63, 3.8) is 0 Å². The Morgan fingerprint density at radius 2 is 0.938 bits per heavy atom. The second-order valence-corrected chi connectivity index (χ2v) is 9.13. The van der Waals surface area contributed by atoms with E-state index in [-0.39, 0.29) is 11.9 Å². The van der Waals surface area contributed by atoms with E-state index in [1.807, 2.05) is 6.08 Å². The number of unbranched alkanes of at least 4 members (excludes halogenated alkanes) is 17. The quantitative estimate of drug-likeness (QED) is 0.0639. The molecule has 0 N–H and O–H groups in total. The first-order chi connectivity index (χ1) is 15.7. The summed E-state index contributed by atoms with van der Waals surface area (Å²) in [4.78, 5) is 23.5. The summed E-state index contributed by atoms with van der Waals surface area (Å²) in [5, 5.41) is 0. The predicted octanol–water partition coefficient (Wildman–Crippen LogP) is 9.40. The molecule has 0 bridgehead atoms. The summed E-state index contributed by atoms with van der Waals surface area (Å²) in [6.45, 7) is 5.99. The molecule has 0 saturated heterocycles. The van der Waals surface area contributed by atoms with Gasteiger partial charge in [0.05, 0.1) is 0 Å². The minimum atomic E-state index is -0.352. The highest BCUT2D eigenvalue weighted by atomic mass is 16.6. The van der Waals surface area contributed by atoms with E-state index in [2.05, 4.69) is 25.7 Å². The van der Waals surface area contributed by atoms with Crippen LogP contribution in [-0.4, -0.2) is 11.9 Å². The molecule has 0 aromatic rings. The lowest BCUT2D eigenvalue weighted by molar-refractivity contribution is -0.159. The molecular formula is C29H52O3. The zero-order valence-electron chi connectivity index (χ0n) is 21.2. The van der Waals surface area contributed by atoms with Gasteiger partial charge in [0.2, 0.25) is 0 Å². The molecule has 0 aliphatic heterocycles. The zero-order chi connectivity index (χ0) is 23.5. The Hall–Kier alpha value is -1.38. The highest BCUT2D eigenvalue weighted by Gasteiger charge is 2.09. The van der Waals surface area contributed by atoms with Gasteiger partial charge in [-0.25, -0.2) is 0 Å². The molecule has 3 heteroatoms. The van der Waals surface area contributed by atoms with Gasteiger partial charge in [-0.1, -0.05) is 102 Å². The fourth-order valence-electron chi connectivity index (χ4n) is 3.83. The van der Waals surface area contributed by atoms with Crippen molar-refractivity contribution in [1.82, 2.24) is 0 Å². The monoisotopic (exact) mass is 448 g/mol. The number of carbonyl (C=O) groups excluding carboxylic acids is 2. The Labute approximate surface area is 199 Å². The van der Waals surface area contributed by atoms with Gasteiger partial charge in [-0.15, -0.1) is 6.58 Å². The van der Waals surface area contributed by atoms with Gasteiger partial charge in [0, 0.05) is 12.8 Å². The van der Waals surface area contributed by atoms with Crippen molar-refractivity contribution in [3.8, 4) is 0 Å². The Bertz CT molecular complexity index is 467. The van der Waals surface area contributed by atoms with Crippen molar-refractivity contribution in [2.45, 2.75) is 148 Å². The first kappa shape index (κ1) is 30.6. The second-order valence-electron chi connectivity index (χ2n) is 9.13. The number of rotatable bonds is 24. The van der Waals surface area contributed by atoms with Crippen LogP contribution in [-0.2, 0) is 14.3 Å². The lowest BCUT2D eigenvalue weighted by atomic mass is 10.1. The van der Waals surface area contributed by atoms with Crippen molar-refractivity contribution in [3.05, 3.63) is 24.8 Å². The average Bonchev–Trinajstić information content (AvgIpc) is 2.78. The topological polar surface area (TPSA) is 43.4 Å². The summed E-state index contributed by atoms with van der Waals surface area (Å²) in [5.41, 5.74) is 0. The van der Waals surface area contributed by atoms with Crippen LogP contribution in [0.2, 0.25) is 0 Å². The van der Waals surface area contributed by atoms with E-state index in [9.17, 15) is 9.59 Å². The number of ether oxygens (including phenoxy) is 1. The molecule has 0 heterocycles. The lowest BCUT2D eigenvalue weighted by Gasteiger charge is -2.04. The van der Waals surface area contributed by atoms with Crippen molar-refractivity contribution in [2.75, 3.05) is 0 Å². The van der Waals surface area contributed by atoms with E-state index >= 15 is 0 Å². The van der Waals surface area contributed by atoms with E-state index in [1.54, 1.807) is 0 Å². The summed E-state index contributed by atoms with van der Waals surface area (Å²) >= 11 is 0. The van der Waals surface area contributed by atoms with E-state index in [0.29, 0.717) is 12.8 Å². The van der Waals surface area contributed by atoms with Crippen molar-refractivity contribution < 1.29 is 14.3 Å². The Morgan fingerprint density at radius 3 is 1.38 bits per heavy atom. The molecule has 0 fully saturated rings. The minimum absolute atomic E-state index is 0.350. The fraction of sp³-hybridized carbons (Fsp3) is 0.793. The van der Waals surface area contributed by atoms with Crippen molar-refractivity contribution >= 4 is 11.9 Å². The van der Waals surface area contributed by atoms with E-state index in [1.165, 1.54) is 83.5 Å². The van der Waals surface area contributed by atoms with Crippen LogP contribution < -0.4 is 0 Å². The molecule has 0 unspecified atom stereocenters. The lowest BCUT2D eigenvalue weighted by Crippen LogP contribution is -2.11. The molecule has 0 aliphatic rings. The normalized spacial score (nSPS) is 11.2. The summed E-state index contributed by atoms with van der Waals surface area (Å²) in [6.07, 6.45) is 31.1. The van der Waals surface area contributed by atoms with Crippen LogP contribution in [0.25, 0.3) is 0 Å². The minimum Gasteiger partial charge on any atom is -0.393 e. The van der Waals surface area contributed by atoms with Crippen LogP contribution in [0, 0.1) is 0 Å². The Kier molecular flexibility index (Phi) is 24.8. The average molecular weight is 449 g/mol. The molecular weight excluding hydrogens is 396 g/mol. The highest BCUT2D eigenvalue weighted by Crippen LogP contribution is 2.12. The number of hydrogen-bond donors (Lipinski definition) is 0. The van der Waals surface area contributed by atoms with Crippen LogP contribution in [0.4, 0.5) is 0 Å². The highest BCUT2D eigenvalue weighted by molar-refractivity contribution is 5.85. The first-order valence-corrected chi connectivity index (χ1v) is 13.7. The van der Waals surface area contributed by atoms with Gasteiger partial charge in [0.1, 0.15) is 0 Å². The number of esters is 2. The number of allylic oxidation sites excluding steroid dienone is 3. The molecule has 32 heavy (non-hydrogen) atoms. The van der Waals surface area contributed by atoms with Gasteiger partial charge >= 0.3 is 11.9 Å². The van der Waals surface area contributed by atoms with E-state index < -0.39 is 0 Å². The van der Waals surface area contributed by atoms with Crippen LogP contribution in [0.3, 0.4) is 0 Å². The summed E-state index contributed by atoms with van der Waals surface area (Å²) in [5.74, 6) is -0.702. The molecule has 0 aromatic carbocycles. The smallest absolute Gasteiger partial charge is 0.313 e. The summed E-state index contributed by atoms with van der Waals surface area (Å²) in [7, 11) is 0. The predicted molar refractivity (Wildman–Crippen MR) is 138 cm³/mol. The molecule has 186 valence electrons. The zero-order valence-corrected chi connectivity index (χ0v) is 21.2. The van der Waals surface area contributed by atoms with Crippen molar-refractivity contribution in [1.29, 1.82) is 0 Å². The van der Waals surface area contributed by atoms with Gasteiger partial charge in [-0.2, -0.15) is 0 Å². The third-order valence-corrected chi connectivity index (χ3v) is 5.91. The van der Waals surface area contributed by atoms with Crippen molar-refractivity contribution in [2.24, 2.45) is 0 Å². The van der Waals surface area contributed by atoms with Gasteiger partial charge < -0.3 is 4.74 Å². The molecule has 0 aromatic heterocycles. The summed E-state index contributed by atoms with van der Waals surface area (Å²) in [6, 6.07) is 0. The molecule has 0 radical (unpaired) electrons. The molecule has 0 aliphatic carbocycles. The molecule has 0 spiro atoms. The number of carbonyl (C=O) groups is 2. The van der Waals surface area contributed by atoms with Gasteiger partial charge in [0.25, 0.3) is 0 Å². The second kappa shape index (κ2) is 25.9. The van der Waals surface area contributed by atoms with Crippen LogP contribution >= 0.6 is 0 Å². The van der Waals surface area contributed by atoms with Gasteiger partial charge in [-0.05, 0) is 51.4 Å². The maximum atomic E-state index is 11.8. The third kappa shape index (κ3) is 24.9. The van der Waals surface area contributed by atoms with E-state index in [4.69, 9.17) is 4.74 Å². The SMILES string of the molecule is C=CCCCCCCCCC(=O)OC(=O)CCCCCCC/C=C\CCCCCCCC. The summed E-state index contributed by atoms with van der Waals surface area (Å²) < 4.78 is 4.93. The molecule has 0 saturated carbocycles. The van der Waals surface area contributed by atoms with Crippen LogP contribution in [0.1, 0.15) is 148 Å². The molecule has 0 atom stereocenters. The Balaban J connectivity index is 3.35. The first-order valence-electron chi connectivity index (χ1n) is 13.7. The van der Waals surface area contributed by atoms with Gasteiger partial charge in [-0.3, -0.25) is 9.59 Å². The van der Waals surface area contributed by atoms with Crippen LogP contribution in [0.15, 0.2) is 24.8 Å². The maximum absolute atomic E-state index is 11.8. The van der Waals surface area contributed by atoms with Crippen LogP contribution in [0.5, 0.6) is 0 Å². The fourth-order valence-corrected chi connectivity index (χ4v) is 3.83. The molecule has 3 nitrogen and oxygen atoms in total. The van der Waals surface area contributed by atoms with E-state index in [0.717, 1.165) is 44.9 Å². The number of hydrogen-bond acceptors (Lipinski definition) is 3. The standard InChI is InChI=1S/C29H52O3/c1-3-5-7-9-11-13-14-15-16-17-18-19-21-23-25-27-29(31)32-28(30)26-24-22-20-12-10-8-6-4-2/h4,15-16H,2-3,5-14,17-27H2,1H3/b16-15-. The molecule has 0 amide bonds. The third-order valence-electron chi connectivity index (χ3n) is 5.91. The molecule has 0 rings (SSSR count). The van der Waals surface area contributed by atoms with Gasteiger partial charge in [0.15, 0.2) is 0 Å².